The predicted molar refractivity (Wildman–Crippen MR) is 37.0 cm³/mol. The maximum atomic E-state index is 10.5. The van der Waals surface area contributed by atoms with Crippen LogP contribution < -0.4 is 0 Å². The normalized spacial score (nSPS) is 29.4. The van der Waals surface area contributed by atoms with Crippen LogP contribution in [0.1, 0.15) is 0 Å². The molecule has 0 aliphatic carbocycles. The highest BCUT2D eigenvalue weighted by atomic mass is 16.2. The zero-order chi connectivity index (χ0) is 7.23. The Hall–Kier alpha value is -1.58. The van der Waals surface area contributed by atoms with E-state index in [4.69, 9.17) is 0 Å². The van der Waals surface area contributed by atoms with Crippen molar-refractivity contribution in [1.29, 1.82) is 0 Å². The van der Waals surface area contributed by atoms with Gasteiger partial charge in [-0.15, -0.1) is 0 Å². The first kappa shape index (κ1) is 6.54. The molecule has 0 aromatic rings. The van der Waals surface area contributed by atoms with Crippen LogP contribution in [0.5, 0.6) is 0 Å². The monoisotopic (exact) mass is 135 g/mol. The lowest BCUT2D eigenvalue weighted by Gasteiger charge is -1.74. The SMILES string of the molecule is O=C1\N=C/C=C\C=C/N=N\1. The number of allylic oxidation sites excluding steroid dienone is 3. The molecule has 4 heteroatoms. The van der Waals surface area contributed by atoms with Crippen LogP contribution in [-0.2, 0) is 0 Å². The lowest BCUT2D eigenvalue weighted by Crippen LogP contribution is -1.80. The Labute approximate surface area is 57.7 Å². The van der Waals surface area contributed by atoms with Crippen molar-refractivity contribution in [2.75, 3.05) is 0 Å². The first-order valence-electron chi connectivity index (χ1n) is 2.70. The summed E-state index contributed by atoms with van der Waals surface area (Å²) in [6, 6.07) is -0.587. The number of azo groups is 1. The molecule has 0 N–H and O–H groups in total. The molecule has 1 rings (SSSR count). The summed E-state index contributed by atoms with van der Waals surface area (Å²) in [6.07, 6.45) is 7.79. The van der Waals surface area contributed by atoms with Crippen molar-refractivity contribution in [2.45, 2.75) is 0 Å². The molecule has 0 aromatic heterocycles. The second-order valence-electron chi connectivity index (χ2n) is 1.50. The molecular formula is C6H5N3O. The molecule has 0 saturated carbocycles. The highest BCUT2D eigenvalue weighted by Crippen LogP contribution is 1.88. The van der Waals surface area contributed by atoms with Gasteiger partial charge in [0.1, 0.15) is 0 Å². The van der Waals surface area contributed by atoms with Crippen LogP contribution in [0.4, 0.5) is 4.79 Å². The van der Waals surface area contributed by atoms with Crippen LogP contribution in [0.2, 0.25) is 0 Å². The fourth-order valence-corrected chi connectivity index (χ4v) is 0.417. The van der Waals surface area contributed by atoms with Crippen molar-refractivity contribution >= 4 is 12.2 Å². The van der Waals surface area contributed by atoms with Crippen molar-refractivity contribution in [1.82, 2.24) is 0 Å². The number of amides is 2. The molecule has 0 bridgehead atoms. The van der Waals surface area contributed by atoms with Gasteiger partial charge in [0.2, 0.25) is 0 Å². The summed E-state index contributed by atoms with van der Waals surface area (Å²) < 4.78 is 0. The number of nitrogens with zero attached hydrogens (tertiary/aromatic N) is 3. The zero-order valence-electron chi connectivity index (χ0n) is 5.14. The Morgan fingerprint density at radius 1 is 1.20 bits per heavy atom. The maximum absolute atomic E-state index is 10.5. The number of carbonyl (C=O) groups excluding carboxylic acids is 1. The average Bonchev–Trinajstić information content (AvgIpc) is 2.02. The van der Waals surface area contributed by atoms with Gasteiger partial charge in [-0.2, -0.15) is 10.1 Å². The van der Waals surface area contributed by atoms with Gasteiger partial charge in [0.05, 0.1) is 0 Å². The minimum Gasteiger partial charge on any atom is -0.242 e. The molecule has 50 valence electrons. The van der Waals surface area contributed by atoms with E-state index in [1.165, 1.54) is 12.4 Å². The van der Waals surface area contributed by atoms with E-state index in [1.54, 1.807) is 18.2 Å². The number of aliphatic imine (C=N–C) groups is 1. The smallest absolute Gasteiger partial charge is 0.242 e. The van der Waals surface area contributed by atoms with E-state index in [2.05, 4.69) is 15.2 Å². The molecule has 0 radical (unpaired) electrons. The molecule has 4 nitrogen and oxygen atoms in total. The van der Waals surface area contributed by atoms with E-state index in [9.17, 15) is 4.79 Å². The van der Waals surface area contributed by atoms with E-state index < -0.39 is 6.03 Å². The third-order valence-electron chi connectivity index (χ3n) is 0.789. The van der Waals surface area contributed by atoms with Gasteiger partial charge in [0, 0.05) is 12.4 Å². The van der Waals surface area contributed by atoms with Crippen LogP contribution in [0, 0.1) is 0 Å². The van der Waals surface area contributed by atoms with Crippen LogP contribution in [-0.4, -0.2) is 12.2 Å². The van der Waals surface area contributed by atoms with Crippen molar-refractivity contribution in [3.63, 3.8) is 0 Å². The zero-order valence-corrected chi connectivity index (χ0v) is 5.14. The number of hydrogen-bond acceptors (Lipinski definition) is 2. The highest BCUT2D eigenvalue weighted by Gasteiger charge is 1.88. The van der Waals surface area contributed by atoms with E-state index in [0.717, 1.165) is 0 Å². The summed E-state index contributed by atoms with van der Waals surface area (Å²) in [5, 5.41) is 6.61. The first-order valence-corrected chi connectivity index (χ1v) is 2.70. The van der Waals surface area contributed by atoms with E-state index in [0.29, 0.717) is 0 Å². The molecule has 0 aromatic carbocycles. The molecule has 0 saturated heterocycles. The van der Waals surface area contributed by atoms with Gasteiger partial charge in [-0.1, -0.05) is 11.2 Å². The summed E-state index contributed by atoms with van der Waals surface area (Å²) in [6.45, 7) is 0. The molecule has 10 heavy (non-hydrogen) atoms. The second kappa shape index (κ2) is 3.45. The van der Waals surface area contributed by atoms with E-state index >= 15 is 0 Å². The van der Waals surface area contributed by atoms with Gasteiger partial charge < -0.3 is 0 Å². The van der Waals surface area contributed by atoms with E-state index in [-0.39, 0.29) is 0 Å². The molecule has 0 atom stereocenters. The molecule has 0 fully saturated rings. The summed E-state index contributed by atoms with van der Waals surface area (Å²) in [4.78, 5) is 13.9. The first-order chi connectivity index (χ1) is 4.89. The van der Waals surface area contributed by atoms with Crippen molar-refractivity contribution in [3.8, 4) is 0 Å². The Morgan fingerprint density at radius 3 is 3.00 bits per heavy atom. The summed E-state index contributed by atoms with van der Waals surface area (Å²) in [5.74, 6) is 0. The van der Waals surface area contributed by atoms with Gasteiger partial charge in [-0.3, -0.25) is 0 Å². The second-order valence-corrected chi connectivity index (χ2v) is 1.50. The van der Waals surface area contributed by atoms with Crippen molar-refractivity contribution < 1.29 is 4.79 Å². The summed E-state index contributed by atoms with van der Waals surface area (Å²) in [7, 11) is 0. The minimum atomic E-state index is -0.587. The van der Waals surface area contributed by atoms with Gasteiger partial charge in [-0.25, -0.2) is 4.79 Å². The van der Waals surface area contributed by atoms with Crippen LogP contribution >= 0.6 is 0 Å². The van der Waals surface area contributed by atoms with Gasteiger partial charge in [0.15, 0.2) is 0 Å². The van der Waals surface area contributed by atoms with Crippen LogP contribution in [0.25, 0.3) is 0 Å². The average molecular weight is 135 g/mol. The predicted octanol–water partition coefficient (Wildman–Crippen LogP) is 1.71. The fraction of sp³-hybridized carbons (Fsp3) is 0. The maximum Gasteiger partial charge on any atom is 0.385 e. The minimum absolute atomic E-state index is 0.587. The van der Waals surface area contributed by atoms with Gasteiger partial charge in [-0.05, 0) is 12.2 Å². The van der Waals surface area contributed by atoms with Crippen molar-refractivity contribution in [3.05, 3.63) is 24.4 Å². The van der Waals surface area contributed by atoms with E-state index in [1.807, 2.05) is 0 Å². The lowest BCUT2D eigenvalue weighted by molar-refractivity contribution is 0.256. The Balaban J connectivity index is 2.80. The molecular weight excluding hydrogens is 130 g/mol. The lowest BCUT2D eigenvalue weighted by atomic mass is 10.5. The number of hydrogen-bond donors (Lipinski definition) is 0. The number of carbonyl (C=O) groups is 1. The topological polar surface area (TPSA) is 54.1 Å². The fourth-order valence-electron chi connectivity index (χ4n) is 0.417. The molecule has 1 aliphatic rings. The molecule has 2 amide bonds. The van der Waals surface area contributed by atoms with Crippen molar-refractivity contribution in [2.24, 2.45) is 15.2 Å². The molecule has 1 aliphatic heterocycles. The van der Waals surface area contributed by atoms with Crippen LogP contribution in [0.15, 0.2) is 39.6 Å². The van der Waals surface area contributed by atoms with Crippen LogP contribution in [0.3, 0.4) is 0 Å². The third kappa shape index (κ3) is 2.13. The summed E-state index contributed by atoms with van der Waals surface area (Å²) >= 11 is 0. The standard InChI is InChI=1S/C6H5N3O/c10-6-7-4-2-1-3-5-8-9-6/h1-5H/b2-1-,5-3-,7-4-,9-8-. The molecule has 1 heterocycles. The third-order valence-corrected chi connectivity index (χ3v) is 0.789. The largest absolute Gasteiger partial charge is 0.385 e. The Kier molecular flexibility index (Phi) is 2.25. The van der Waals surface area contributed by atoms with Gasteiger partial charge >= 0.3 is 6.03 Å². The molecule has 0 unspecified atom stereocenters. The Bertz CT molecular complexity index is 213. The Morgan fingerprint density at radius 2 is 2.10 bits per heavy atom. The number of urea groups is 1. The quantitative estimate of drug-likeness (QED) is 0.498. The summed E-state index contributed by atoms with van der Waals surface area (Å²) in [5.41, 5.74) is 0. The molecule has 0 spiro atoms. The van der Waals surface area contributed by atoms with Gasteiger partial charge in [0.25, 0.3) is 0 Å². The highest BCUT2D eigenvalue weighted by molar-refractivity contribution is 5.87. The number of rotatable bonds is 0.